The van der Waals surface area contributed by atoms with Crippen LogP contribution in [0.15, 0.2) is 57.7 Å². The van der Waals surface area contributed by atoms with Gasteiger partial charge in [0, 0.05) is 10.8 Å². The molecule has 0 radical (unpaired) electrons. The zero-order valence-corrected chi connectivity index (χ0v) is 12.9. The summed E-state index contributed by atoms with van der Waals surface area (Å²) in [5, 5.41) is 1.64. The summed E-state index contributed by atoms with van der Waals surface area (Å²) in [6, 6.07) is 12.3. The zero-order chi connectivity index (χ0) is 16.8. The summed E-state index contributed by atoms with van der Waals surface area (Å²) >= 11 is 6.27. The van der Waals surface area contributed by atoms with Gasteiger partial charge in [-0.25, -0.2) is 8.96 Å². The van der Waals surface area contributed by atoms with Gasteiger partial charge in [0.05, 0.1) is 16.1 Å². The molecule has 0 N–H and O–H groups in total. The Kier molecular flexibility index (Phi) is 3.25. The van der Waals surface area contributed by atoms with Crippen molar-refractivity contribution in [3.8, 4) is 5.69 Å². The molecule has 4 aromatic rings. The quantitative estimate of drug-likeness (QED) is 0.509. The number of furan rings is 1. The molecule has 0 aliphatic carbocycles. The minimum atomic E-state index is -0.421. The fourth-order valence-corrected chi connectivity index (χ4v) is 3.07. The van der Waals surface area contributed by atoms with Crippen molar-refractivity contribution in [2.75, 3.05) is 0 Å². The van der Waals surface area contributed by atoms with E-state index in [1.807, 2.05) is 0 Å². The van der Waals surface area contributed by atoms with E-state index in [4.69, 9.17) is 16.0 Å². The first-order chi connectivity index (χ1) is 11.6. The molecule has 0 fully saturated rings. The number of hydrogen-bond donors (Lipinski definition) is 0. The Balaban J connectivity index is 2.27. The maximum Gasteiger partial charge on any atom is 0.265 e. The van der Waals surface area contributed by atoms with Gasteiger partial charge in [-0.15, -0.1) is 0 Å². The van der Waals surface area contributed by atoms with Crippen LogP contribution >= 0.6 is 11.6 Å². The first kappa shape index (κ1) is 14.7. The van der Waals surface area contributed by atoms with Gasteiger partial charge in [0.2, 0.25) is 5.71 Å². The van der Waals surface area contributed by atoms with Gasteiger partial charge in [-0.2, -0.15) is 0 Å². The Hall–Kier alpha value is -2.92. The fourth-order valence-electron chi connectivity index (χ4n) is 2.81. The van der Waals surface area contributed by atoms with Gasteiger partial charge >= 0.3 is 0 Å². The van der Waals surface area contributed by atoms with Crippen LogP contribution in [0.5, 0.6) is 0 Å². The Bertz CT molecular complexity index is 1160. The standard InChI is InChI=1S/C18H9ClFNO3/c19-16-14(9-22)24-18-15(16)12-3-1-2-4-13(12)17(23)21(18)11-7-5-10(20)6-8-11/h1-9H. The van der Waals surface area contributed by atoms with Crippen molar-refractivity contribution in [2.45, 2.75) is 0 Å². The minimum Gasteiger partial charge on any atom is -0.435 e. The van der Waals surface area contributed by atoms with Crippen LogP contribution in [0.25, 0.3) is 27.6 Å². The second-order valence-electron chi connectivity index (χ2n) is 5.24. The number of halogens is 2. The van der Waals surface area contributed by atoms with Crippen LogP contribution in [0.2, 0.25) is 5.02 Å². The molecule has 2 heterocycles. The predicted molar refractivity (Wildman–Crippen MR) is 89.7 cm³/mol. The van der Waals surface area contributed by atoms with Crippen LogP contribution in [0.4, 0.5) is 4.39 Å². The second kappa shape index (κ2) is 5.32. The molecule has 6 heteroatoms. The first-order valence-electron chi connectivity index (χ1n) is 7.08. The van der Waals surface area contributed by atoms with E-state index in [0.717, 1.165) is 0 Å². The zero-order valence-electron chi connectivity index (χ0n) is 12.1. The molecule has 0 saturated carbocycles. The van der Waals surface area contributed by atoms with Crippen LogP contribution in [0.3, 0.4) is 0 Å². The van der Waals surface area contributed by atoms with Gasteiger partial charge in [0.25, 0.3) is 5.56 Å². The molecule has 0 aliphatic heterocycles. The number of rotatable bonds is 2. The largest absolute Gasteiger partial charge is 0.435 e. The third kappa shape index (κ3) is 1.98. The third-order valence-corrected chi connectivity index (χ3v) is 4.26. The Labute approximate surface area is 139 Å². The van der Waals surface area contributed by atoms with Crippen LogP contribution in [-0.4, -0.2) is 10.9 Å². The number of benzene rings is 2. The Morgan fingerprint density at radius 1 is 1.04 bits per heavy atom. The molecule has 2 aromatic heterocycles. The summed E-state index contributed by atoms with van der Waals surface area (Å²) in [5.74, 6) is -0.479. The highest BCUT2D eigenvalue weighted by molar-refractivity contribution is 6.39. The number of pyridine rings is 1. The number of hydrogen-bond acceptors (Lipinski definition) is 3. The summed E-state index contributed by atoms with van der Waals surface area (Å²) in [6.07, 6.45) is 0.497. The highest BCUT2D eigenvalue weighted by Crippen LogP contribution is 2.35. The lowest BCUT2D eigenvalue weighted by Gasteiger charge is -2.09. The number of carbonyl (C=O) groups excluding carboxylic acids is 1. The van der Waals surface area contributed by atoms with Crippen LogP contribution in [0, 0.1) is 5.82 Å². The highest BCUT2D eigenvalue weighted by atomic mass is 35.5. The number of aldehydes is 1. The van der Waals surface area contributed by atoms with Crippen molar-refractivity contribution >= 4 is 39.8 Å². The summed E-state index contributed by atoms with van der Waals surface area (Å²) < 4.78 is 20.0. The van der Waals surface area contributed by atoms with Gasteiger partial charge in [-0.05, 0) is 30.3 Å². The van der Waals surface area contributed by atoms with Gasteiger partial charge in [-0.3, -0.25) is 9.59 Å². The lowest BCUT2D eigenvalue weighted by molar-refractivity contribution is 0.110. The molecular formula is C18H9ClFNO3. The number of aromatic nitrogens is 1. The number of carbonyl (C=O) groups is 1. The van der Waals surface area contributed by atoms with Crippen molar-refractivity contribution in [3.05, 3.63) is 75.5 Å². The van der Waals surface area contributed by atoms with E-state index >= 15 is 0 Å². The lowest BCUT2D eigenvalue weighted by atomic mass is 10.1. The molecule has 118 valence electrons. The molecule has 0 saturated heterocycles. The van der Waals surface area contributed by atoms with Crippen molar-refractivity contribution in [1.82, 2.24) is 4.57 Å². The molecule has 2 aromatic carbocycles. The van der Waals surface area contributed by atoms with E-state index < -0.39 is 5.82 Å². The molecule has 0 bridgehead atoms. The van der Waals surface area contributed by atoms with Crippen molar-refractivity contribution in [2.24, 2.45) is 0 Å². The van der Waals surface area contributed by atoms with Crippen LogP contribution in [-0.2, 0) is 0 Å². The second-order valence-corrected chi connectivity index (χ2v) is 5.62. The lowest BCUT2D eigenvalue weighted by Crippen LogP contribution is -2.18. The fraction of sp³-hybridized carbons (Fsp3) is 0. The maximum atomic E-state index is 13.2. The molecule has 0 atom stereocenters. The molecule has 0 amide bonds. The average molecular weight is 342 g/mol. The first-order valence-corrected chi connectivity index (χ1v) is 7.46. The summed E-state index contributed by atoms with van der Waals surface area (Å²) in [4.78, 5) is 24.1. The van der Waals surface area contributed by atoms with Crippen LogP contribution < -0.4 is 5.56 Å². The molecular weight excluding hydrogens is 333 g/mol. The molecule has 24 heavy (non-hydrogen) atoms. The maximum absolute atomic E-state index is 13.2. The topological polar surface area (TPSA) is 52.2 Å². The van der Waals surface area contributed by atoms with Gasteiger partial charge in [-0.1, -0.05) is 29.8 Å². The Morgan fingerprint density at radius 3 is 2.38 bits per heavy atom. The van der Waals surface area contributed by atoms with E-state index in [2.05, 4.69) is 0 Å². The number of fused-ring (bicyclic) bond motifs is 3. The normalized spacial score (nSPS) is 11.2. The van der Waals surface area contributed by atoms with Gasteiger partial charge in [0.15, 0.2) is 12.0 Å². The van der Waals surface area contributed by atoms with E-state index in [1.165, 1.54) is 28.8 Å². The van der Waals surface area contributed by atoms with Gasteiger partial charge < -0.3 is 4.42 Å². The predicted octanol–water partition coefficient (Wildman–Crippen LogP) is 4.34. The van der Waals surface area contributed by atoms with Crippen molar-refractivity contribution < 1.29 is 13.6 Å². The summed E-state index contributed by atoms with van der Waals surface area (Å²) in [6.45, 7) is 0. The smallest absolute Gasteiger partial charge is 0.265 e. The van der Waals surface area contributed by atoms with E-state index in [1.54, 1.807) is 24.3 Å². The third-order valence-electron chi connectivity index (χ3n) is 3.88. The molecule has 0 unspecified atom stereocenters. The molecule has 4 nitrogen and oxygen atoms in total. The van der Waals surface area contributed by atoms with E-state index in [-0.39, 0.29) is 22.1 Å². The summed E-state index contributed by atoms with van der Waals surface area (Å²) in [5.41, 5.74) is 0.227. The van der Waals surface area contributed by atoms with E-state index in [0.29, 0.717) is 28.1 Å². The van der Waals surface area contributed by atoms with E-state index in [9.17, 15) is 14.0 Å². The number of nitrogens with zero attached hydrogens (tertiary/aromatic N) is 1. The van der Waals surface area contributed by atoms with Crippen molar-refractivity contribution in [1.29, 1.82) is 0 Å². The summed E-state index contributed by atoms with van der Waals surface area (Å²) in [7, 11) is 0. The average Bonchev–Trinajstić information content (AvgIpc) is 2.93. The molecule has 0 spiro atoms. The van der Waals surface area contributed by atoms with Gasteiger partial charge in [0.1, 0.15) is 5.82 Å². The van der Waals surface area contributed by atoms with Crippen LogP contribution in [0.1, 0.15) is 10.6 Å². The Morgan fingerprint density at radius 2 is 1.71 bits per heavy atom. The SMILES string of the molecule is O=Cc1oc2c(c1Cl)c1ccccc1c(=O)n2-c1ccc(F)cc1. The van der Waals surface area contributed by atoms with Crippen molar-refractivity contribution in [3.63, 3.8) is 0 Å². The minimum absolute atomic E-state index is 0.0571. The monoisotopic (exact) mass is 341 g/mol. The molecule has 0 aliphatic rings. The highest BCUT2D eigenvalue weighted by Gasteiger charge is 2.21. The molecule has 4 rings (SSSR count).